The number of hydrogen-bond donors (Lipinski definition) is 0. The van der Waals surface area contributed by atoms with Crippen molar-refractivity contribution in [2.24, 2.45) is 5.41 Å². The van der Waals surface area contributed by atoms with E-state index in [4.69, 9.17) is 0 Å². The lowest BCUT2D eigenvalue weighted by molar-refractivity contribution is 0.475. The molecular formula is C11H14Br2O2S. The standard InChI is InChI=1S/C11H14Br2O2S/c1-11(2,7-12)8-16(14,15)10-5-3-9(13)4-6-10/h3-6H,7-8H2,1-2H3. The van der Waals surface area contributed by atoms with Crippen LogP contribution in [-0.4, -0.2) is 19.5 Å². The Morgan fingerprint density at radius 3 is 2.12 bits per heavy atom. The Bertz CT molecular complexity index is 449. The van der Waals surface area contributed by atoms with Gasteiger partial charge in [0.1, 0.15) is 0 Å². The van der Waals surface area contributed by atoms with E-state index in [-0.39, 0.29) is 11.2 Å². The van der Waals surface area contributed by atoms with Crippen molar-refractivity contribution in [1.82, 2.24) is 0 Å². The minimum absolute atomic E-state index is 0.146. The second-order valence-corrected chi connectivity index (χ2v) is 7.98. The average molecular weight is 370 g/mol. The number of hydrogen-bond acceptors (Lipinski definition) is 2. The number of halogens is 2. The molecule has 16 heavy (non-hydrogen) atoms. The van der Waals surface area contributed by atoms with Gasteiger partial charge in [0, 0.05) is 9.80 Å². The first-order chi connectivity index (χ1) is 7.27. The number of alkyl halides is 1. The summed E-state index contributed by atoms with van der Waals surface area (Å²) < 4.78 is 25.0. The largest absolute Gasteiger partial charge is 0.224 e. The summed E-state index contributed by atoms with van der Waals surface area (Å²) in [6, 6.07) is 6.75. The van der Waals surface area contributed by atoms with Gasteiger partial charge in [-0.25, -0.2) is 8.42 Å². The Morgan fingerprint density at radius 2 is 1.69 bits per heavy atom. The smallest absolute Gasteiger partial charge is 0.178 e. The van der Waals surface area contributed by atoms with Crippen LogP contribution in [0.1, 0.15) is 13.8 Å². The third kappa shape index (κ3) is 3.86. The maximum Gasteiger partial charge on any atom is 0.178 e. The van der Waals surface area contributed by atoms with Crippen LogP contribution in [0.2, 0.25) is 0 Å². The molecule has 0 fully saturated rings. The summed E-state index contributed by atoms with van der Waals surface area (Å²) in [5.41, 5.74) is -0.258. The lowest BCUT2D eigenvalue weighted by Crippen LogP contribution is -2.25. The number of sulfone groups is 1. The van der Waals surface area contributed by atoms with Gasteiger partial charge >= 0.3 is 0 Å². The molecule has 0 heterocycles. The van der Waals surface area contributed by atoms with E-state index in [2.05, 4.69) is 31.9 Å². The molecule has 1 rings (SSSR count). The first-order valence-corrected chi connectivity index (χ1v) is 8.38. The van der Waals surface area contributed by atoms with Crippen molar-refractivity contribution in [2.75, 3.05) is 11.1 Å². The first-order valence-electron chi connectivity index (χ1n) is 4.81. The molecule has 0 radical (unpaired) electrons. The highest BCUT2D eigenvalue weighted by Gasteiger charge is 2.26. The highest BCUT2D eigenvalue weighted by atomic mass is 79.9. The highest BCUT2D eigenvalue weighted by molar-refractivity contribution is 9.10. The van der Waals surface area contributed by atoms with Gasteiger partial charge < -0.3 is 0 Å². The van der Waals surface area contributed by atoms with Gasteiger partial charge in [0.2, 0.25) is 0 Å². The molecule has 1 aromatic rings. The molecular weight excluding hydrogens is 356 g/mol. The molecule has 0 spiro atoms. The highest BCUT2D eigenvalue weighted by Crippen LogP contribution is 2.25. The monoisotopic (exact) mass is 368 g/mol. The zero-order valence-corrected chi connectivity index (χ0v) is 13.2. The SMILES string of the molecule is CC(C)(CBr)CS(=O)(=O)c1ccc(Br)cc1. The second kappa shape index (κ2) is 5.19. The molecule has 1 aromatic carbocycles. The van der Waals surface area contributed by atoms with Crippen molar-refractivity contribution in [3.8, 4) is 0 Å². The lowest BCUT2D eigenvalue weighted by atomic mass is 10.0. The van der Waals surface area contributed by atoms with Crippen molar-refractivity contribution in [2.45, 2.75) is 18.7 Å². The van der Waals surface area contributed by atoms with Crippen LogP contribution in [0.15, 0.2) is 33.6 Å². The van der Waals surface area contributed by atoms with Gasteiger partial charge in [-0.05, 0) is 29.7 Å². The molecule has 5 heteroatoms. The van der Waals surface area contributed by atoms with Crippen LogP contribution in [-0.2, 0) is 9.84 Å². The molecule has 0 unspecified atom stereocenters. The van der Waals surface area contributed by atoms with Crippen molar-refractivity contribution >= 4 is 41.7 Å². The zero-order chi connectivity index (χ0) is 12.4. The maximum absolute atomic E-state index is 12.1. The Kier molecular flexibility index (Phi) is 4.60. The van der Waals surface area contributed by atoms with Crippen LogP contribution in [0.3, 0.4) is 0 Å². The van der Waals surface area contributed by atoms with Crippen LogP contribution in [0.25, 0.3) is 0 Å². The molecule has 0 aliphatic rings. The third-order valence-corrected chi connectivity index (χ3v) is 6.31. The fraction of sp³-hybridized carbons (Fsp3) is 0.455. The molecule has 0 bridgehead atoms. The van der Waals surface area contributed by atoms with Gasteiger partial charge in [-0.2, -0.15) is 0 Å². The van der Waals surface area contributed by atoms with E-state index < -0.39 is 9.84 Å². The van der Waals surface area contributed by atoms with E-state index in [1.54, 1.807) is 24.3 Å². The van der Waals surface area contributed by atoms with Crippen molar-refractivity contribution in [3.63, 3.8) is 0 Å². The fourth-order valence-corrected chi connectivity index (χ4v) is 3.85. The van der Waals surface area contributed by atoms with Crippen LogP contribution in [0.5, 0.6) is 0 Å². The summed E-state index contributed by atoms with van der Waals surface area (Å²) in [4.78, 5) is 0.379. The summed E-state index contributed by atoms with van der Waals surface area (Å²) >= 11 is 6.62. The Labute approximate surface area is 114 Å². The minimum Gasteiger partial charge on any atom is -0.224 e. The summed E-state index contributed by atoms with van der Waals surface area (Å²) in [5.74, 6) is 0.146. The molecule has 0 amide bonds. The van der Waals surface area contributed by atoms with Crippen molar-refractivity contribution in [3.05, 3.63) is 28.7 Å². The van der Waals surface area contributed by atoms with Crippen molar-refractivity contribution < 1.29 is 8.42 Å². The molecule has 0 N–H and O–H groups in total. The third-order valence-electron chi connectivity index (χ3n) is 2.12. The fourth-order valence-electron chi connectivity index (χ4n) is 1.28. The summed E-state index contributed by atoms with van der Waals surface area (Å²) in [5, 5.41) is 0.662. The van der Waals surface area contributed by atoms with Gasteiger partial charge in [-0.3, -0.25) is 0 Å². The van der Waals surface area contributed by atoms with Crippen LogP contribution in [0, 0.1) is 5.41 Å². The molecule has 0 aliphatic heterocycles. The van der Waals surface area contributed by atoms with Gasteiger partial charge in [-0.1, -0.05) is 45.7 Å². The zero-order valence-electron chi connectivity index (χ0n) is 9.20. The summed E-state index contributed by atoms with van der Waals surface area (Å²) in [6.45, 7) is 3.86. The van der Waals surface area contributed by atoms with E-state index in [0.29, 0.717) is 10.2 Å². The molecule has 0 saturated heterocycles. The normalized spacial score (nSPS) is 12.8. The van der Waals surface area contributed by atoms with Gasteiger partial charge in [-0.15, -0.1) is 0 Å². The molecule has 0 aromatic heterocycles. The van der Waals surface area contributed by atoms with E-state index >= 15 is 0 Å². The van der Waals surface area contributed by atoms with E-state index in [1.165, 1.54) is 0 Å². The average Bonchev–Trinajstić information content (AvgIpc) is 2.17. The quantitative estimate of drug-likeness (QED) is 0.759. The van der Waals surface area contributed by atoms with Crippen LogP contribution in [0.4, 0.5) is 0 Å². The molecule has 90 valence electrons. The predicted octanol–water partition coefficient (Wildman–Crippen LogP) is 3.64. The molecule has 2 nitrogen and oxygen atoms in total. The van der Waals surface area contributed by atoms with Crippen molar-refractivity contribution in [1.29, 1.82) is 0 Å². The van der Waals surface area contributed by atoms with E-state index in [1.807, 2.05) is 13.8 Å². The molecule has 0 atom stereocenters. The topological polar surface area (TPSA) is 34.1 Å². The van der Waals surface area contributed by atoms with Gasteiger partial charge in [0.05, 0.1) is 10.6 Å². The van der Waals surface area contributed by atoms with Crippen LogP contribution >= 0.6 is 31.9 Å². The minimum atomic E-state index is -3.20. The Morgan fingerprint density at radius 1 is 1.19 bits per heavy atom. The summed E-state index contributed by atoms with van der Waals surface area (Å²) in [6.07, 6.45) is 0. The molecule has 0 saturated carbocycles. The Hall–Kier alpha value is 0.130. The van der Waals surface area contributed by atoms with Gasteiger partial charge in [0.25, 0.3) is 0 Å². The predicted molar refractivity (Wildman–Crippen MR) is 73.8 cm³/mol. The second-order valence-electron chi connectivity index (χ2n) is 4.51. The Balaban J connectivity index is 2.99. The van der Waals surface area contributed by atoms with Gasteiger partial charge in [0.15, 0.2) is 9.84 Å². The van der Waals surface area contributed by atoms with E-state index in [0.717, 1.165) is 4.47 Å². The van der Waals surface area contributed by atoms with E-state index in [9.17, 15) is 8.42 Å². The number of rotatable bonds is 4. The van der Waals surface area contributed by atoms with Crippen LogP contribution < -0.4 is 0 Å². The summed E-state index contributed by atoms with van der Waals surface area (Å²) in [7, 11) is -3.20. The molecule has 0 aliphatic carbocycles. The number of benzene rings is 1. The lowest BCUT2D eigenvalue weighted by Gasteiger charge is -2.21. The maximum atomic E-state index is 12.1. The first kappa shape index (κ1) is 14.2.